The zero-order valence-corrected chi connectivity index (χ0v) is 11.0. The molecule has 20 heavy (non-hydrogen) atoms. The summed E-state index contributed by atoms with van der Waals surface area (Å²) < 4.78 is 5.17. The molecule has 2 fully saturated rings. The zero-order valence-electron chi connectivity index (χ0n) is 11.0. The van der Waals surface area contributed by atoms with Crippen LogP contribution in [-0.2, 0) is 16.1 Å². The number of likely N-dealkylation sites (tertiary alicyclic amines) is 1. The van der Waals surface area contributed by atoms with Crippen molar-refractivity contribution in [2.24, 2.45) is 11.8 Å². The Balaban J connectivity index is 1.53. The molecule has 2 heterocycles. The molecule has 0 radical (unpaired) electrons. The van der Waals surface area contributed by atoms with Gasteiger partial charge in [0, 0.05) is 5.92 Å². The van der Waals surface area contributed by atoms with Gasteiger partial charge in [0.2, 0.25) is 17.7 Å². The molecule has 0 unspecified atom stereocenters. The van der Waals surface area contributed by atoms with Gasteiger partial charge in [0.1, 0.15) is 0 Å². The van der Waals surface area contributed by atoms with Crippen LogP contribution in [-0.4, -0.2) is 26.9 Å². The molecule has 3 aliphatic rings. The van der Waals surface area contributed by atoms with Gasteiger partial charge in [-0.3, -0.25) is 14.5 Å². The Morgan fingerprint density at radius 3 is 2.40 bits per heavy atom. The van der Waals surface area contributed by atoms with Crippen LogP contribution in [0.4, 0.5) is 0 Å². The van der Waals surface area contributed by atoms with Gasteiger partial charge in [0.15, 0.2) is 5.82 Å². The van der Waals surface area contributed by atoms with E-state index in [0.29, 0.717) is 30.5 Å². The van der Waals surface area contributed by atoms with Gasteiger partial charge < -0.3 is 4.52 Å². The molecule has 6 nitrogen and oxygen atoms in total. The van der Waals surface area contributed by atoms with Crippen molar-refractivity contribution in [3.05, 3.63) is 23.9 Å². The highest BCUT2D eigenvalue weighted by atomic mass is 16.5. The van der Waals surface area contributed by atoms with Crippen LogP contribution in [0.5, 0.6) is 0 Å². The summed E-state index contributed by atoms with van der Waals surface area (Å²) in [5.74, 6) is 0.875. The number of hydrogen-bond donors (Lipinski definition) is 0. The second kappa shape index (κ2) is 4.26. The summed E-state index contributed by atoms with van der Waals surface area (Å²) in [5, 5.41) is 3.88. The van der Waals surface area contributed by atoms with Gasteiger partial charge >= 0.3 is 0 Å². The largest absolute Gasteiger partial charge is 0.339 e. The summed E-state index contributed by atoms with van der Waals surface area (Å²) in [7, 11) is 0. The third-order valence-corrected chi connectivity index (χ3v) is 4.31. The first-order chi connectivity index (χ1) is 9.74. The van der Waals surface area contributed by atoms with Crippen molar-refractivity contribution in [2.45, 2.75) is 38.1 Å². The van der Waals surface area contributed by atoms with Crippen LogP contribution < -0.4 is 0 Å². The first-order valence-corrected chi connectivity index (χ1v) is 7.06. The standard InChI is InChI=1S/C14H15N3O3/c18-13-9-3-1-2-4-10(9)14(19)17(13)7-11-15-12(20-16-11)8-5-6-8/h1-2,8-10H,3-7H2/t9-,10+. The van der Waals surface area contributed by atoms with E-state index in [1.165, 1.54) is 4.90 Å². The van der Waals surface area contributed by atoms with E-state index in [9.17, 15) is 9.59 Å². The van der Waals surface area contributed by atoms with E-state index in [0.717, 1.165) is 12.8 Å². The number of allylic oxidation sites excluding steroid dienone is 2. The van der Waals surface area contributed by atoms with Gasteiger partial charge in [-0.15, -0.1) is 0 Å². The van der Waals surface area contributed by atoms with Crippen molar-refractivity contribution < 1.29 is 14.1 Å². The maximum absolute atomic E-state index is 12.3. The van der Waals surface area contributed by atoms with Gasteiger partial charge in [-0.1, -0.05) is 17.3 Å². The molecular formula is C14H15N3O3. The van der Waals surface area contributed by atoms with Crippen molar-refractivity contribution in [3.8, 4) is 0 Å². The number of rotatable bonds is 3. The van der Waals surface area contributed by atoms with Crippen LogP contribution in [0.2, 0.25) is 0 Å². The predicted octanol–water partition coefficient (Wildman–Crippen LogP) is 1.40. The first-order valence-electron chi connectivity index (χ1n) is 7.06. The smallest absolute Gasteiger partial charge is 0.233 e. The number of carbonyl (C=O) groups excluding carboxylic acids is 2. The Hall–Kier alpha value is -1.98. The highest BCUT2D eigenvalue weighted by Gasteiger charge is 2.47. The number of carbonyl (C=O) groups is 2. The Morgan fingerprint density at radius 1 is 1.15 bits per heavy atom. The second-order valence-corrected chi connectivity index (χ2v) is 5.74. The summed E-state index contributed by atoms with van der Waals surface area (Å²) in [5.41, 5.74) is 0. The molecule has 1 aliphatic heterocycles. The molecule has 2 aliphatic carbocycles. The topological polar surface area (TPSA) is 76.3 Å². The maximum Gasteiger partial charge on any atom is 0.233 e. The Kier molecular flexibility index (Phi) is 2.52. The number of aromatic nitrogens is 2. The van der Waals surface area contributed by atoms with Crippen molar-refractivity contribution >= 4 is 11.8 Å². The van der Waals surface area contributed by atoms with Crippen molar-refractivity contribution in [3.63, 3.8) is 0 Å². The molecule has 104 valence electrons. The minimum atomic E-state index is -0.192. The Morgan fingerprint density at radius 2 is 1.80 bits per heavy atom. The van der Waals surface area contributed by atoms with E-state index in [2.05, 4.69) is 10.1 Å². The summed E-state index contributed by atoms with van der Waals surface area (Å²) in [4.78, 5) is 30.2. The quantitative estimate of drug-likeness (QED) is 0.614. The Bertz CT molecular complexity index is 577. The molecule has 4 rings (SSSR count). The zero-order chi connectivity index (χ0) is 13.7. The van der Waals surface area contributed by atoms with Gasteiger partial charge in [-0.2, -0.15) is 4.98 Å². The van der Waals surface area contributed by atoms with E-state index in [-0.39, 0.29) is 30.2 Å². The lowest BCUT2D eigenvalue weighted by Crippen LogP contribution is -2.31. The number of fused-ring (bicyclic) bond motifs is 1. The minimum absolute atomic E-state index is 0.0953. The number of amides is 2. The van der Waals surface area contributed by atoms with E-state index < -0.39 is 0 Å². The average Bonchev–Trinajstić information content (AvgIpc) is 3.18. The molecule has 1 aromatic rings. The molecule has 2 amide bonds. The SMILES string of the molecule is O=C1[C@H]2CC=CC[C@H]2C(=O)N1Cc1noc(C2CC2)n1. The fourth-order valence-corrected chi connectivity index (χ4v) is 2.99. The lowest BCUT2D eigenvalue weighted by molar-refractivity contribution is -0.140. The molecule has 1 saturated heterocycles. The van der Waals surface area contributed by atoms with E-state index >= 15 is 0 Å². The fourth-order valence-electron chi connectivity index (χ4n) is 2.99. The molecule has 6 heteroatoms. The van der Waals surface area contributed by atoms with Gasteiger partial charge in [0.25, 0.3) is 0 Å². The molecule has 1 saturated carbocycles. The fraction of sp³-hybridized carbons (Fsp3) is 0.571. The molecule has 2 atom stereocenters. The molecule has 0 aromatic carbocycles. The average molecular weight is 273 g/mol. The summed E-state index contributed by atoms with van der Waals surface area (Å²) >= 11 is 0. The number of imide groups is 1. The molecule has 1 aromatic heterocycles. The highest BCUT2D eigenvalue weighted by Crippen LogP contribution is 2.39. The van der Waals surface area contributed by atoms with Gasteiger partial charge in [0.05, 0.1) is 18.4 Å². The third kappa shape index (κ3) is 1.78. The van der Waals surface area contributed by atoms with Crippen molar-refractivity contribution in [2.75, 3.05) is 0 Å². The maximum atomic E-state index is 12.3. The second-order valence-electron chi connectivity index (χ2n) is 5.74. The van der Waals surface area contributed by atoms with Crippen LogP contribution in [0.1, 0.15) is 43.3 Å². The molecule has 0 bridgehead atoms. The third-order valence-electron chi connectivity index (χ3n) is 4.31. The minimum Gasteiger partial charge on any atom is -0.339 e. The summed E-state index contributed by atoms with van der Waals surface area (Å²) in [6.07, 6.45) is 7.44. The normalized spacial score (nSPS) is 29.1. The van der Waals surface area contributed by atoms with Crippen molar-refractivity contribution in [1.29, 1.82) is 0 Å². The van der Waals surface area contributed by atoms with Crippen LogP contribution >= 0.6 is 0 Å². The lowest BCUT2D eigenvalue weighted by atomic mass is 9.85. The predicted molar refractivity (Wildman–Crippen MR) is 67.2 cm³/mol. The Labute approximate surface area is 115 Å². The van der Waals surface area contributed by atoms with Crippen LogP contribution in [0, 0.1) is 11.8 Å². The number of nitrogens with zero attached hydrogens (tertiary/aromatic N) is 3. The molecule has 0 N–H and O–H groups in total. The van der Waals surface area contributed by atoms with Gasteiger partial charge in [-0.05, 0) is 25.7 Å². The van der Waals surface area contributed by atoms with Crippen LogP contribution in [0.25, 0.3) is 0 Å². The van der Waals surface area contributed by atoms with E-state index in [1.54, 1.807) is 0 Å². The van der Waals surface area contributed by atoms with E-state index in [4.69, 9.17) is 4.52 Å². The molecule has 0 spiro atoms. The van der Waals surface area contributed by atoms with Crippen LogP contribution in [0.15, 0.2) is 16.7 Å². The van der Waals surface area contributed by atoms with Crippen molar-refractivity contribution in [1.82, 2.24) is 15.0 Å². The first kappa shape index (κ1) is 11.8. The number of hydrogen-bond acceptors (Lipinski definition) is 5. The lowest BCUT2D eigenvalue weighted by Gasteiger charge is -2.14. The molecular weight excluding hydrogens is 258 g/mol. The summed E-state index contributed by atoms with van der Waals surface area (Å²) in [6.45, 7) is 0.140. The van der Waals surface area contributed by atoms with Crippen LogP contribution in [0.3, 0.4) is 0 Å². The summed E-state index contributed by atoms with van der Waals surface area (Å²) in [6, 6.07) is 0. The monoisotopic (exact) mass is 273 g/mol. The van der Waals surface area contributed by atoms with Gasteiger partial charge in [-0.25, -0.2) is 0 Å². The van der Waals surface area contributed by atoms with E-state index in [1.807, 2.05) is 12.2 Å². The highest BCUT2D eigenvalue weighted by molar-refractivity contribution is 6.05.